The molecule has 0 unspecified atom stereocenters. The van der Waals surface area contributed by atoms with Gasteiger partial charge in [-0.05, 0) is 118 Å². The monoisotopic (exact) mass is 748 g/mol. The first-order chi connectivity index (χ1) is 27.3. The van der Waals surface area contributed by atoms with Crippen LogP contribution >= 0.6 is 0 Å². The summed E-state index contributed by atoms with van der Waals surface area (Å²) in [5.74, 6) is 1.54. The summed E-state index contributed by atoms with van der Waals surface area (Å²) >= 11 is 0. The van der Waals surface area contributed by atoms with Crippen molar-refractivity contribution in [2.45, 2.75) is 73.1 Å². The molecule has 0 atom stereocenters. The minimum Gasteiger partial charge on any atom is -0.486 e. The summed E-state index contributed by atoms with van der Waals surface area (Å²) in [5, 5.41) is 1.10. The molecule has 0 saturated heterocycles. The van der Waals surface area contributed by atoms with Gasteiger partial charge in [0.2, 0.25) is 0 Å². The largest absolute Gasteiger partial charge is 0.486 e. The summed E-state index contributed by atoms with van der Waals surface area (Å²) in [5.41, 5.74) is 19.6. The number of fused-ring (bicyclic) bond motifs is 7. The summed E-state index contributed by atoms with van der Waals surface area (Å²) in [6.45, 7) is 21.3. The van der Waals surface area contributed by atoms with E-state index in [-0.39, 0.29) is 17.5 Å². The number of aryl methyl sites for hydroxylation is 3. The zero-order chi connectivity index (χ0) is 39.5. The lowest BCUT2D eigenvalue weighted by molar-refractivity contribution is 0.172. The Kier molecular flexibility index (Phi) is 7.83. The summed E-state index contributed by atoms with van der Waals surface area (Å²) in [4.78, 5) is 5.00. The average Bonchev–Trinajstić information content (AvgIpc) is 3.56. The molecule has 0 fully saturated rings. The van der Waals surface area contributed by atoms with Crippen molar-refractivity contribution in [1.82, 2.24) is 0 Å². The lowest BCUT2D eigenvalue weighted by Gasteiger charge is -2.44. The van der Waals surface area contributed by atoms with Crippen molar-refractivity contribution in [3.63, 3.8) is 0 Å². The van der Waals surface area contributed by atoms with E-state index >= 15 is 0 Å². The van der Waals surface area contributed by atoms with Gasteiger partial charge in [-0.1, -0.05) is 102 Å². The van der Waals surface area contributed by atoms with Crippen molar-refractivity contribution in [2.24, 2.45) is 0 Å². The summed E-state index contributed by atoms with van der Waals surface area (Å²) in [6, 6.07) is 40.3. The number of hydrogen-bond donors (Lipinski definition) is 0. The predicted octanol–water partition coefficient (Wildman–Crippen LogP) is 11.5. The first-order valence-electron chi connectivity index (χ1n) is 20.3. The van der Waals surface area contributed by atoms with Crippen LogP contribution in [0.15, 0.2) is 114 Å². The van der Waals surface area contributed by atoms with Crippen LogP contribution < -0.4 is 35.9 Å². The van der Waals surface area contributed by atoms with E-state index in [1.54, 1.807) is 0 Å². The highest BCUT2D eigenvalue weighted by atomic mass is 16.6. The van der Waals surface area contributed by atoms with E-state index < -0.39 is 0 Å². The summed E-state index contributed by atoms with van der Waals surface area (Å²) < 4.78 is 19.8. The zero-order valence-corrected chi connectivity index (χ0v) is 34.5. The molecular weight excluding hydrogens is 699 g/mol. The van der Waals surface area contributed by atoms with Crippen LogP contribution in [0.5, 0.6) is 11.5 Å². The van der Waals surface area contributed by atoms with Crippen LogP contribution in [0.1, 0.15) is 69.4 Å². The third-order valence-corrected chi connectivity index (χ3v) is 12.1. The minimum atomic E-state index is -0.195. The number of benzene rings is 6. The normalized spacial score (nSPS) is 14.4. The Morgan fingerprint density at radius 3 is 1.88 bits per heavy atom. The number of rotatable bonds is 3. The van der Waals surface area contributed by atoms with E-state index in [0.717, 1.165) is 56.3 Å². The maximum Gasteiger partial charge on any atom is 0.297 e. The smallest absolute Gasteiger partial charge is 0.297 e. The molecule has 6 aromatic carbocycles. The van der Waals surface area contributed by atoms with Crippen molar-refractivity contribution in [3.05, 3.63) is 137 Å². The van der Waals surface area contributed by atoms with Crippen molar-refractivity contribution in [1.29, 1.82) is 0 Å². The van der Waals surface area contributed by atoms with Gasteiger partial charge in [0.1, 0.15) is 18.8 Å². The van der Waals surface area contributed by atoms with Crippen molar-refractivity contribution in [2.75, 3.05) is 23.0 Å². The molecule has 57 heavy (non-hydrogen) atoms. The quantitative estimate of drug-likeness (QED) is 0.168. The molecule has 3 aliphatic rings. The molecule has 1 aromatic heterocycles. The van der Waals surface area contributed by atoms with Crippen LogP contribution in [0.3, 0.4) is 0 Å². The molecule has 0 N–H and O–H groups in total. The Hall–Kier alpha value is -5.88. The highest BCUT2D eigenvalue weighted by Crippen LogP contribution is 2.51. The van der Waals surface area contributed by atoms with Gasteiger partial charge in [-0.15, -0.1) is 0 Å². The second-order valence-electron chi connectivity index (χ2n) is 18.2. The summed E-state index contributed by atoms with van der Waals surface area (Å²) in [7, 11) is 0. The Bertz CT molecular complexity index is 2750. The molecule has 0 spiro atoms. The predicted molar refractivity (Wildman–Crippen MR) is 238 cm³/mol. The van der Waals surface area contributed by atoms with E-state index in [1.165, 1.54) is 55.8 Å². The van der Waals surface area contributed by atoms with Gasteiger partial charge < -0.3 is 23.7 Å². The van der Waals surface area contributed by atoms with E-state index in [2.05, 4.69) is 181 Å². The highest BCUT2D eigenvalue weighted by molar-refractivity contribution is 7.00. The molecule has 3 aliphatic heterocycles. The Labute approximate surface area is 336 Å². The molecule has 0 saturated carbocycles. The van der Waals surface area contributed by atoms with Crippen LogP contribution in [-0.4, -0.2) is 19.9 Å². The van der Waals surface area contributed by atoms with E-state index in [0.29, 0.717) is 13.2 Å². The zero-order valence-electron chi connectivity index (χ0n) is 34.5. The van der Waals surface area contributed by atoms with Crippen molar-refractivity contribution in [3.8, 4) is 22.6 Å². The van der Waals surface area contributed by atoms with Gasteiger partial charge in [0, 0.05) is 34.1 Å². The van der Waals surface area contributed by atoms with Gasteiger partial charge >= 0.3 is 0 Å². The SMILES string of the molecule is Cc1cc2c3c(c1)N(c1c(C)cc(C(C)(C)C)cc1C)c1c(oc4ccccc14)B3c1cc3c(cc1N2c1ccc(C(C)(C)C)cc1-c1ccccc1)OCCO3. The molecule has 0 bridgehead atoms. The number of para-hydroxylation sites is 1. The van der Waals surface area contributed by atoms with Gasteiger partial charge in [-0.2, -0.15) is 0 Å². The molecule has 0 aliphatic carbocycles. The second-order valence-corrected chi connectivity index (χ2v) is 18.2. The number of nitrogens with zero attached hydrogens (tertiary/aromatic N) is 2. The number of anilines is 6. The molecule has 4 heterocycles. The second kappa shape index (κ2) is 12.6. The van der Waals surface area contributed by atoms with E-state index in [9.17, 15) is 0 Å². The molecule has 0 amide bonds. The fourth-order valence-electron chi connectivity index (χ4n) is 9.38. The first kappa shape index (κ1) is 35.5. The average molecular weight is 749 g/mol. The van der Waals surface area contributed by atoms with E-state index in [1.807, 2.05) is 0 Å². The maximum atomic E-state index is 7.14. The van der Waals surface area contributed by atoms with Crippen LogP contribution in [0.25, 0.3) is 22.1 Å². The van der Waals surface area contributed by atoms with Crippen LogP contribution in [0, 0.1) is 20.8 Å². The van der Waals surface area contributed by atoms with Crippen LogP contribution in [0.2, 0.25) is 0 Å². The van der Waals surface area contributed by atoms with Gasteiger partial charge in [0.15, 0.2) is 11.5 Å². The van der Waals surface area contributed by atoms with Gasteiger partial charge in [-0.3, -0.25) is 0 Å². The Morgan fingerprint density at radius 2 is 1.19 bits per heavy atom. The number of furan rings is 1. The maximum absolute atomic E-state index is 7.14. The van der Waals surface area contributed by atoms with Crippen molar-refractivity contribution < 1.29 is 13.9 Å². The summed E-state index contributed by atoms with van der Waals surface area (Å²) in [6.07, 6.45) is 0. The lowest BCUT2D eigenvalue weighted by atomic mass is 9.35. The van der Waals surface area contributed by atoms with Gasteiger partial charge in [0.05, 0.1) is 22.7 Å². The molecule has 284 valence electrons. The molecule has 6 heteroatoms. The molecule has 5 nitrogen and oxygen atoms in total. The van der Waals surface area contributed by atoms with Crippen molar-refractivity contribution >= 4 is 68.4 Å². The van der Waals surface area contributed by atoms with E-state index in [4.69, 9.17) is 13.9 Å². The first-order valence-corrected chi connectivity index (χ1v) is 20.3. The molecular formula is C51H49BN2O3. The standard InChI is InChI=1S/C51H49BN2O3/c1-30-23-41-46-42(24-30)54(47-31(2)25-35(26-32(47)3)51(7,8)9)48-36-17-13-14-18-43(36)57-49(48)52(46)38-28-44-45(56-22-21-55-44)29-40(38)53(41)39-20-19-34(50(4,5)6)27-37(39)33-15-11-10-12-16-33/h10-20,23-29H,21-22H2,1-9H3. The Morgan fingerprint density at radius 1 is 0.561 bits per heavy atom. The molecule has 10 rings (SSSR count). The minimum absolute atomic E-state index is 0.0190. The molecule has 0 radical (unpaired) electrons. The number of hydrogen-bond acceptors (Lipinski definition) is 5. The number of ether oxygens (including phenoxy) is 2. The third-order valence-electron chi connectivity index (χ3n) is 12.1. The lowest BCUT2D eigenvalue weighted by Crippen LogP contribution is -2.61. The van der Waals surface area contributed by atoms with Crippen LogP contribution in [-0.2, 0) is 10.8 Å². The topological polar surface area (TPSA) is 38.1 Å². The fraction of sp³-hybridized carbons (Fsp3) is 0.255. The highest BCUT2D eigenvalue weighted by Gasteiger charge is 2.48. The third kappa shape index (κ3) is 5.51. The molecule has 7 aromatic rings. The van der Waals surface area contributed by atoms with Gasteiger partial charge in [0.25, 0.3) is 6.71 Å². The fourth-order valence-corrected chi connectivity index (χ4v) is 9.38. The van der Waals surface area contributed by atoms with Crippen LogP contribution in [0.4, 0.5) is 34.1 Å². The van der Waals surface area contributed by atoms with Gasteiger partial charge in [-0.25, -0.2) is 0 Å². The Balaban J connectivity index is 1.33.